The fourth-order valence-corrected chi connectivity index (χ4v) is 2.60. The van der Waals surface area contributed by atoms with E-state index in [4.69, 9.17) is 4.42 Å². The number of hydrogen-bond donors (Lipinski definition) is 0. The van der Waals surface area contributed by atoms with Gasteiger partial charge in [0.25, 0.3) is 0 Å². The second-order valence-electron chi connectivity index (χ2n) is 5.03. The van der Waals surface area contributed by atoms with Gasteiger partial charge in [-0.15, -0.1) is 11.3 Å². The number of furan rings is 1. The van der Waals surface area contributed by atoms with E-state index in [1.165, 1.54) is 9.75 Å². The molecule has 2 rings (SSSR count). The van der Waals surface area contributed by atoms with Gasteiger partial charge in [0.1, 0.15) is 11.5 Å². The summed E-state index contributed by atoms with van der Waals surface area (Å²) in [6.45, 7) is 8.82. The minimum atomic E-state index is 0.225. The quantitative estimate of drug-likeness (QED) is 0.722. The van der Waals surface area contributed by atoms with Crippen LogP contribution in [0.4, 0.5) is 0 Å². The van der Waals surface area contributed by atoms with E-state index >= 15 is 0 Å². The number of aryl methyl sites for hydroxylation is 1. The Bertz CT molecular complexity index is 471. The molecule has 0 atom stereocenters. The molecule has 2 aromatic rings. The SMILES string of the molecule is CCc1ccc(-c2ccc(C(C)(C)C)s2)o1. The molecule has 0 aliphatic rings. The Morgan fingerprint density at radius 1 is 1.12 bits per heavy atom. The van der Waals surface area contributed by atoms with Gasteiger partial charge in [-0.2, -0.15) is 0 Å². The lowest BCUT2D eigenvalue weighted by Crippen LogP contribution is -2.07. The molecule has 0 saturated heterocycles. The second kappa shape index (κ2) is 4.10. The van der Waals surface area contributed by atoms with Crippen molar-refractivity contribution in [2.24, 2.45) is 0 Å². The van der Waals surface area contributed by atoms with Gasteiger partial charge in [0.05, 0.1) is 4.88 Å². The van der Waals surface area contributed by atoms with E-state index in [1.807, 2.05) is 11.3 Å². The predicted molar refractivity (Wildman–Crippen MR) is 70.1 cm³/mol. The zero-order chi connectivity index (χ0) is 11.8. The van der Waals surface area contributed by atoms with Crippen LogP contribution in [0.25, 0.3) is 10.6 Å². The van der Waals surface area contributed by atoms with Crippen molar-refractivity contribution < 1.29 is 4.42 Å². The maximum atomic E-state index is 5.76. The zero-order valence-electron chi connectivity index (χ0n) is 10.3. The summed E-state index contributed by atoms with van der Waals surface area (Å²) in [4.78, 5) is 2.63. The van der Waals surface area contributed by atoms with E-state index in [2.05, 4.69) is 52.0 Å². The maximum absolute atomic E-state index is 5.76. The first kappa shape index (κ1) is 11.5. The number of thiophene rings is 1. The Hall–Kier alpha value is -1.02. The molecule has 2 heterocycles. The van der Waals surface area contributed by atoms with Gasteiger partial charge < -0.3 is 4.42 Å². The molecule has 2 aromatic heterocycles. The summed E-state index contributed by atoms with van der Waals surface area (Å²) in [6.07, 6.45) is 0.956. The number of hydrogen-bond acceptors (Lipinski definition) is 2. The molecule has 0 aliphatic carbocycles. The molecule has 0 aromatic carbocycles. The molecule has 0 amide bonds. The number of rotatable bonds is 2. The Morgan fingerprint density at radius 3 is 2.38 bits per heavy atom. The summed E-state index contributed by atoms with van der Waals surface area (Å²) in [5.74, 6) is 2.05. The van der Waals surface area contributed by atoms with Crippen LogP contribution >= 0.6 is 11.3 Å². The molecule has 86 valence electrons. The molecule has 16 heavy (non-hydrogen) atoms. The zero-order valence-corrected chi connectivity index (χ0v) is 11.1. The first-order chi connectivity index (χ1) is 7.50. The summed E-state index contributed by atoms with van der Waals surface area (Å²) in [5, 5.41) is 0. The average molecular weight is 234 g/mol. The minimum absolute atomic E-state index is 0.225. The fourth-order valence-electron chi connectivity index (χ4n) is 1.57. The van der Waals surface area contributed by atoms with Crippen molar-refractivity contribution in [2.75, 3.05) is 0 Å². The van der Waals surface area contributed by atoms with E-state index in [9.17, 15) is 0 Å². The topological polar surface area (TPSA) is 13.1 Å². The molecule has 0 radical (unpaired) electrons. The lowest BCUT2D eigenvalue weighted by atomic mass is 9.95. The Balaban J connectivity index is 2.31. The Kier molecular flexibility index (Phi) is 2.94. The average Bonchev–Trinajstić information content (AvgIpc) is 2.85. The normalized spacial score (nSPS) is 12.0. The molecular weight excluding hydrogens is 216 g/mol. The third-order valence-electron chi connectivity index (χ3n) is 2.60. The van der Waals surface area contributed by atoms with E-state index < -0.39 is 0 Å². The van der Waals surface area contributed by atoms with Gasteiger partial charge in [-0.1, -0.05) is 27.7 Å². The lowest BCUT2D eigenvalue weighted by molar-refractivity contribution is 0.530. The van der Waals surface area contributed by atoms with E-state index in [-0.39, 0.29) is 5.41 Å². The van der Waals surface area contributed by atoms with Gasteiger partial charge in [0.2, 0.25) is 0 Å². The van der Waals surface area contributed by atoms with E-state index in [0.29, 0.717) is 0 Å². The van der Waals surface area contributed by atoms with Crippen molar-refractivity contribution in [1.29, 1.82) is 0 Å². The lowest BCUT2D eigenvalue weighted by Gasteiger charge is -2.15. The molecule has 1 nitrogen and oxygen atoms in total. The molecular formula is C14H18OS. The monoisotopic (exact) mass is 234 g/mol. The van der Waals surface area contributed by atoms with Gasteiger partial charge in [-0.25, -0.2) is 0 Å². The van der Waals surface area contributed by atoms with Crippen molar-refractivity contribution in [3.8, 4) is 10.6 Å². The van der Waals surface area contributed by atoms with Crippen LogP contribution in [0.15, 0.2) is 28.7 Å². The van der Waals surface area contributed by atoms with Crippen LogP contribution in [0.2, 0.25) is 0 Å². The molecule has 0 N–H and O–H groups in total. The third-order valence-corrected chi connectivity index (χ3v) is 4.12. The van der Waals surface area contributed by atoms with Crippen LogP contribution in [0, 0.1) is 0 Å². The van der Waals surface area contributed by atoms with Gasteiger partial charge in [0.15, 0.2) is 0 Å². The molecule has 0 bridgehead atoms. The van der Waals surface area contributed by atoms with Gasteiger partial charge >= 0.3 is 0 Å². The largest absolute Gasteiger partial charge is 0.460 e. The van der Waals surface area contributed by atoms with Crippen molar-refractivity contribution in [2.45, 2.75) is 39.5 Å². The fraction of sp³-hybridized carbons (Fsp3) is 0.429. The molecule has 0 aliphatic heterocycles. The first-order valence-electron chi connectivity index (χ1n) is 5.70. The highest BCUT2D eigenvalue weighted by molar-refractivity contribution is 7.15. The van der Waals surface area contributed by atoms with Crippen LogP contribution in [-0.2, 0) is 11.8 Å². The molecule has 0 unspecified atom stereocenters. The van der Waals surface area contributed by atoms with Crippen LogP contribution in [0.3, 0.4) is 0 Å². The molecule has 0 spiro atoms. The molecule has 0 saturated carbocycles. The molecule has 0 fully saturated rings. The highest BCUT2D eigenvalue weighted by Gasteiger charge is 2.17. The van der Waals surface area contributed by atoms with Gasteiger partial charge in [-0.05, 0) is 29.7 Å². The predicted octanol–water partition coefficient (Wildman–Crippen LogP) is 4.87. The standard InChI is InChI=1S/C14H18OS/c1-5-10-6-7-11(15-10)12-8-9-13(16-12)14(2,3)4/h6-9H,5H2,1-4H3. The smallest absolute Gasteiger partial charge is 0.144 e. The van der Waals surface area contributed by atoms with Crippen molar-refractivity contribution >= 4 is 11.3 Å². The second-order valence-corrected chi connectivity index (χ2v) is 6.12. The summed E-state index contributed by atoms with van der Waals surface area (Å²) in [7, 11) is 0. The third kappa shape index (κ3) is 2.22. The van der Waals surface area contributed by atoms with E-state index in [1.54, 1.807) is 0 Å². The Labute approximate surface area is 101 Å². The highest BCUT2D eigenvalue weighted by Crippen LogP contribution is 2.35. The highest BCUT2D eigenvalue weighted by atomic mass is 32.1. The van der Waals surface area contributed by atoms with Crippen molar-refractivity contribution in [1.82, 2.24) is 0 Å². The van der Waals surface area contributed by atoms with E-state index in [0.717, 1.165) is 17.9 Å². The summed E-state index contributed by atoms with van der Waals surface area (Å²) in [5.41, 5.74) is 0.225. The molecule has 2 heteroatoms. The minimum Gasteiger partial charge on any atom is -0.460 e. The van der Waals surface area contributed by atoms with Crippen molar-refractivity contribution in [3.05, 3.63) is 34.9 Å². The maximum Gasteiger partial charge on any atom is 0.144 e. The van der Waals surface area contributed by atoms with Crippen LogP contribution in [-0.4, -0.2) is 0 Å². The Morgan fingerprint density at radius 2 is 1.88 bits per heavy atom. The van der Waals surface area contributed by atoms with Crippen LogP contribution in [0.5, 0.6) is 0 Å². The summed E-state index contributed by atoms with van der Waals surface area (Å²) in [6, 6.07) is 8.49. The van der Waals surface area contributed by atoms with Crippen molar-refractivity contribution in [3.63, 3.8) is 0 Å². The van der Waals surface area contributed by atoms with Gasteiger partial charge in [0, 0.05) is 11.3 Å². The van der Waals surface area contributed by atoms with Crippen LogP contribution < -0.4 is 0 Å². The van der Waals surface area contributed by atoms with Crippen LogP contribution in [0.1, 0.15) is 38.3 Å². The van der Waals surface area contributed by atoms with Gasteiger partial charge in [-0.3, -0.25) is 0 Å². The first-order valence-corrected chi connectivity index (χ1v) is 6.52. The summed E-state index contributed by atoms with van der Waals surface area (Å²) < 4.78 is 5.76. The summed E-state index contributed by atoms with van der Waals surface area (Å²) >= 11 is 1.82.